The molecule has 130 valence electrons. The summed E-state index contributed by atoms with van der Waals surface area (Å²) >= 11 is 0. The predicted molar refractivity (Wildman–Crippen MR) is 87.2 cm³/mol. The standard InChI is InChI=1S/C14H20FN3O3S.ClH/c1-11(10-16)14(19)17-6-8-18(9-7-17)22(20,21)13-4-2-12(15)3-5-13;/h2-5,11H,6-10,16H2,1H3;1H. The molecule has 1 aliphatic rings. The van der Waals surface area contributed by atoms with Gasteiger partial charge in [-0.25, -0.2) is 12.8 Å². The molecule has 1 heterocycles. The lowest BCUT2D eigenvalue weighted by Crippen LogP contribution is -2.52. The SMILES string of the molecule is CC(CN)C(=O)N1CCN(S(=O)(=O)c2ccc(F)cc2)CC1.Cl. The first kappa shape index (κ1) is 19.8. The lowest BCUT2D eigenvalue weighted by atomic mass is 10.1. The summed E-state index contributed by atoms with van der Waals surface area (Å²) in [5, 5.41) is 0. The minimum Gasteiger partial charge on any atom is -0.340 e. The normalized spacial score (nSPS) is 17.4. The molecule has 1 unspecified atom stereocenters. The van der Waals surface area contributed by atoms with Gasteiger partial charge < -0.3 is 10.6 Å². The summed E-state index contributed by atoms with van der Waals surface area (Å²) in [7, 11) is -3.65. The first-order chi connectivity index (χ1) is 10.4. The van der Waals surface area contributed by atoms with Crippen LogP contribution in [-0.2, 0) is 14.8 Å². The number of amides is 1. The van der Waals surface area contributed by atoms with Gasteiger partial charge in [0.2, 0.25) is 15.9 Å². The molecule has 1 aromatic carbocycles. The van der Waals surface area contributed by atoms with E-state index >= 15 is 0 Å². The lowest BCUT2D eigenvalue weighted by Gasteiger charge is -2.35. The fraction of sp³-hybridized carbons (Fsp3) is 0.500. The van der Waals surface area contributed by atoms with E-state index in [1.807, 2.05) is 0 Å². The van der Waals surface area contributed by atoms with Crippen molar-refractivity contribution < 1.29 is 17.6 Å². The number of rotatable bonds is 4. The topological polar surface area (TPSA) is 83.7 Å². The third-order valence-electron chi connectivity index (χ3n) is 3.78. The van der Waals surface area contributed by atoms with Gasteiger partial charge in [-0.1, -0.05) is 6.92 Å². The van der Waals surface area contributed by atoms with Crippen molar-refractivity contribution in [3.63, 3.8) is 0 Å². The first-order valence-corrected chi connectivity index (χ1v) is 8.55. The van der Waals surface area contributed by atoms with E-state index in [4.69, 9.17) is 5.73 Å². The Morgan fingerprint density at radius 3 is 2.22 bits per heavy atom. The van der Waals surface area contributed by atoms with Crippen LogP contribution in [0.3, 0.4) is 0 Å². The number of hydrogen-bond donors (Lipinski definition) is 1. The number of carbonyl (C=O) groups is 1. The molecular weight excluding hydrogens is 345 g/mol. The Morgan fingerprint density at radius 2 is 1.74 bits per heavy atom. The smallest absolute Gasteiger partial charge is 0.243 e. The van der Waals surface area contributed by atoms with E-state index in [0.717, 1.165) is 12.1 Å². The maximum Gasteiger partial charge on any atom is 0.243 e. The maximum absolute atomic E-state index is 12.9. The van der Waals surface area contributed by atoms with Gasteiger partial charge in [0, 0.05) is 38.6 Å². The number of piperazine rings is 1. The molecule has 0 bridgehead atoms. The number of halogens is 2. The Bertz CT molecular complexity index is 631. The first-order valence-electron chi connectivity index (χ1n) is 7.11. The van der Waals surface area contributed by atoms with E-state index in [1.165, 1.54) is 16.4 Å². The van der Waals surface area contributed by atoms with Gasteiger partial charge in [0.1, 0.15) is 5.82 Å². The Kier molecular flexibility index (Phi) is 6.94. The van der Waals surface area contributed by atoms with Gasteiger partial charge in [0.05, 0.1) is 4.90 Å². The second-order valence-electron chi connectivity index (χ2n) is 5.32. The van der Waals surface area contributed by atoms with Crippen molar-refractivity contribution in [1.82, 2.24) is 9.21 Å². The van der Waals surface area contributed by atoms with Crippen LogP contribution in [-0.4, -0.2) is 56.3 Å². The summed E-state index contributed by atoms with van der Waals surface area (Å²) < 4.78 is 39.1. The number of hydrogen-bond acceptors (Lipinski definition) is 4. The molecule has 0 aliphatic carbocycles. The molecular formula is C14H21ClFN3O3S. The second kappa shape index (κ2) is 8.05. The van der Waals surface area contributed by atoms with Crippen LogP contribution in [0.2, 0.25) is 0 Å². The molecule has 1 aliphatic heterocycles. The second-order valence-corrected chi connectivity index (χ2v) is 7.26. The van der Waals surface area contributed by atoms with Crippen molar-refractivity contribution in [2.24, 2.45) is 11.7 Å². The Morgan fingerprint density at radius 1 is 1.22 bits per heavy atom. The van der Waals surface area contributed by atoms with Gasteiger partial charge in [-0.15, -0.1) is 12.4 Å². The van der Waals surface area contributed by atoms with Crippen molar-refractivity contribution >= 4 is 28.3 Å². The molecule has 2 N–H and O–H groups in total. The molecule has 1 atom stereocenters. The van der Waals surface area contributed by atoms with Gasteiger partial charge >= 0.3 is 0 Å². The number of sulfonamides is 1. The molecule has 0 radical (unpaired) electrons. The zero-order valence-corrected chi connectivity index (χ0v) is 14.4. The fourth-order valence-electron chi connectivity index (χ4n) is 2.32. The highest BCUT2D eigenvalue weighted by Gasteiger charge is 2.31. The lowest BCUT2D eigenvalue weighted by molar-refractivity contribution is -0.135. The summed E-state index contributed by atoms with van der Waals surface area (Å²) in [5.74, 6) is -0.799. The molecule has 23 heavy (non-hydrogen) atoms. The van der Waals surface area contributed by atoms with E-state index < -0.39 is 15.8 Å². The van der Waals surface area contributed by atoms with Crippen molar-refractivity contribution in [2.45, 2.75) is 11.8 Å². The van der Waals surface area contributed by atoms with Crippen molar-refractivity contribution in [2.75, 3.05) is 32.7 Å². The quantitative estimate of drug-likeness (QED) is 0.850. The molecule has 0 spiro atoms. The Labute approximate surface area is 141 Å². The molecule has 1 saturated heterocycles. The van der Waals surface area contributed by atoms with Crippen LogP contribution < -0.4 is 5.73 Å². The van der Waals surface area contributed by atoms with Crippen LogP contribution in [0.4, 0.5) is 4.39 Å². The summed E-state index contributed by atoms with van der Waals surface area (Å²) in [6, 6.07) is 4.74. The van der Waals surface area contributed by atoms with Crippen LogP contribution in [0.5, 0.6) is 0 Å². The van der Waals surface area contributed by atoms with Crippen LogP contribution in [0, 0.1) is 11.7 Å². The highest BCUT2D eigenvalue weighted by Crippen LogP contribution is 2.18. The fourth-order valence-corrected chi connectivity index (χ4v) is 3.74. The average Bonchev–Trinajstić information content (AvgIpc) is 2.54. The number of nitrogens with zero attached hydrogens (tertiary/aromatic N) is 2. The molecule has 6 nitrogen and oxygen atoms in total. The van der Waals surface area contributed by atoms with E-state index in [9.17, 15) is 17.6 Å². The van der Waals surface area contributed by atoms with Crippen LogP contribution in [0.1, 0.15) is 6.92 Å². The van der Waals surface area contributed by atoms with E-state index in [-0.39, 0.29) is 48.8 Å². The van der Waals surface area contributed by atoms with Gasteiger partial charge in [0.15, 0.2) is 0 Å². The average molecular weight is 366 g/mol. The third-order valence-corrected chi connectivity index (χ3v) is 5.69. The molecule has 0 aromatic heterocycles. The van der Waals surface area contributed by atoms with Crippen molar-refractivity contribution in [1.29, 1.82) is 0 Å². The maximum atomic E-state index is 12.9. The third kappa shape index (κ3) is 4.41. The predicted octanol–water partition coefficient (Wildman–Crippen LogP) is 0.675. The Balaban J connectivity index is 0.00000264. The zero-order valence-electron chi connectivity index (χ0n) is 12.8. The van der Waals surface area contributed by atoms with Gasteiger partial charge in [-0.05, 0) is 24.3 Å². The van der Waals surface area contributed by atoms with E-state index in [0.29, 0.717) is 13.1 Å². The molecule has 1 fully saturated rings. The minimum atomic E-state index is -3.65. The highest BCUT2D eigenvalue weighted by atomic mass is 35.5. The summed E-state index contributed by atoms with van der Waals surface area (Å²) in [4.78, 5) is 13.7. The highest BCUT2D eigenvalue weighted by molar-refractivity contribution is 7.89. The molecule has 1 amide bonds. The van der Waals surface area contributed by atoms with Crippen LogP contribution in [0.15, 0.2) is 29.2 Å². The largest absolute Gasteiger partial charge is 0.340 e. The minimum absolute atomic E-state index is 0. The monoisotopic (exact) mass is 365 g/mol. The van der Waals surface area contributed by atoms with E-state index in [1.54, 1.807) is 11.8 Å². The zero-order chi connectivity index (χ0) is 16.3. The molecule has 1 aromatic rings. The van der Waals surface area contributed by atoms with Gasteiger partial charge in [0.25, 0.3) is 0 Å². The summed E-state index contributed by atoms with van der Waals surface area (Å²) in [6.45, 7) is 3.15. The van der Waals surface area contributed by atoms with Gasteiger partial charge in [-0.2, -0.15) is 4.31 Å². The summed E-state index contributed by atoms with van der Waals surface area (Å²) in [6.07, 6.45) is 0. The van der Waals surface area contributed by atoms with Crippen molar-refractivity contribution in [3.05, 3.63) is 30.1 Å². The van der Waals surface area contributed by atoms with Gasteiger partial charge in [-0.3, -0.25) is 4.79 Å². The number of benzene rings is 1. The number of carbonyl (C=O) groups excluding carboxylic acids is 1. The van der Waals surface area contributed by atoms with Crippen LogP contribution in [0.25, 0.3) is 0 Å². The Hall–Kier alpha value is -1.22. The van der Waals surface area contributed by atoms with Crippen LogP contribution >= 0.6 is 12.4 Å². The van der Waals surface area contributed by atoms with Crippen molar-refractivity contribution in [3.8, 4) is 0 Å². The molecule has 9 heteroatoms. The number of nitrogens with two attached hydrogens (primary N) is 1. The van der Waals surface area contributed by atoms with E-state index in [2.05, 4.69) is 0 Å². The molecule has 0 saturated carbocycles. The molecule has 2 rings (SSSR count). The summed E-state index contributed by atoms with van der Waals surface area (Å²) in [5.41, 5.74) is 5.48.